The number of carbonyl (C=O) groups is 2. The monoisotopic (exact) mass is 1370 g/mol. The maximum atomic E-state index is 12.9. The first-order chi connectivity index (χ1) is 48.0. The van der Waals surface area contributed by atoms with Crippen LogP contribution in [0.2, 0.25) is 0 Å². The average Bonchev–Trinajstić information content (AvgIpc) is 1.08. The van der Waals surface area contributed by atoms with E-state index < -0.39 is 32.5 Å². The van der Waals surface area contributed by atoms with Gasteiger partial charge in [0.1, 0.15) is 19.8 Å². The van der Waals surface area contributed by atoms with Crippen LogP contribution >= 0.6 is 7.82 Å². The van der Waals surface area contributed by atoms with E-state index in [1.54, 1.807) is 0 Å². The number of phosphoric acid groups is 1. The highest BCUT2D eigenvalue weighted by Gasteiger charge is 2.22. The molecule has 0 radical (unpaired) electrons. The third-order valence-corrected chi connectivity index (χ3v) is 16.5. The number of allylic oxidation sites excluding steroid dienone is 36. The van der Waals surface area contributed by atoms with Gasteiger partial charge >= 0.3 is 11.9 Å². The third kappa shape index (κ3) is 79.3. The summed E-state index contributed by atoms with van der Waals surface area (Å²) in [4.78, 5) is 38.1. The molecule has 10 heteroatoms. The van der Waals surface area contributed by atoms with Crippen LogP contribution in [0.1, 0.15) is 271 Å². The summed E-state index contributed by atoms with van der Waals surface area (Å²) in [5.41, 5.74) is 0. The van der Waals surface area contributed by atoms with Gasteiger partial charge in [-0.05, 0) is 154 Å². The molecule has 0 aromatic heterocycles. The van der Waals surface area contributed by atoms with E-state index in [9.17, 15) is 19.0 Å². The zero-order valence-electron chi connectivity index (χ0n) is 62.6. The van der Waals surface area contributed by atoms with Crippen molar-refractivity contribution in [1.82, 2.24) is 0 Å². The molecule has 2 unspecified atom stereocenters. The summed E-state index contributed by atoms with van der Waals surface area (Å²) < 4.78 is 34.3. The smallest absolute Gasteiger partial charge is 0.306 e. The Labute approximate surface area is 601 Å². The lowest BCUT2D eigenvalue weighted by Crippen LogP contribution is -2.37. The Kier molecular flexibility index (Phi) is 71.2. The number of quaternary nitrogens is 1. The van der Waals surface area contributed by atoms with Gasteiger partial charge in [0.2, 0.25) is 0 Å². The van der Waals surface area contributed by atoms with Gasteiger partial charge in [-0.2, -0.15) is 0 Å². The van der Waals surface area contributed by atoms with Crippen molar-refractivity contribution in [2.75, 3.05) is 47.5 Å². The van der Waals surface area contributed by atoms with Crippen LogP contribution in [-0.4, -0.2) is 70.0 Å². The molecule has 0 spiro atoms. The molecule has 9 nitrogen and oxygen atoms in total. The first-order valence-corrected chi connectivity index (χ1v) is 39.9. The lowest BCUT2D eigenvalue weighted by molar-refractivity contribution is -0.870. The molecule has 0 aromatic rings. The maximum Gasteiger partial charge on any atom is 0.306 e. The number of rotatable bonds is 68. The topological polar surface area (TPSA) is 111 Å². The van der Waals surface area contributed by atoms with Crippen LogP contribution < -0.4 is 4.89 Å². The Balaban J connectivity index is 4.12. The molecule has 0 aromatic carbocycles. The van der Waals surface area contributed by atoms with Crippen molar-refractivity contribution in [1.29, 1.82) is 0 Å². The highest BCUT2D eigenvalue weighted by atomic mass is 31.2. The number of carbonyl (C=O) groups excluding carboxylic acids is 2. The molecule has 2 atom stereocenters. The summed E-state index contributed by atoms with van der Waals surface area (Å²) in [7, 11) is 1.11. The van der Waals surface area contributed by atoms with E-state index in [0.29, 0.717) is 23.9 Å². The van der Waals surface area contributed by atoms with Crippen LogP contribution in [0.25, 0.3) is 0 Å². The molecular formula is C88H140NO8P. The Morgan fingerprint density at radius 3 is 0.837 bits per heavy atom. The number of hydrogen-bond acceptors (Lipinski definition) is 8. The van der Waals surface area contributed by atoms with Crippen molar-refractivity contribution in [3.63, 3.8) is 0 Å². The van der Waals surface area contributed by atoms with Crippen LogP contribution in [0.3, 0.4) is 0 Å². The fourth-order valence-electron chi connectivity index (χ4n) is 9.70. The summed E-state index contributed by atoms with van der Waals surface area (Å²) in [6.45, 7) is 3.94. The minimum atomic E-state index is -4.67. The molecule has 0 saturated carbocycles. The van der Waals surface area contributed by atoms with E-state index in [1.165, 1.54) is 83.5 Å². The number of likely N-dealkylation sites (N-methyl/N-ethyl adjacent to an activating group) is 1. The zero-order valence-corrected chi connectivity index (χ0v) is 63.5. The maximum absolute atomic E-state index is 12.9. The Morgan fingerprint density at radius 1 is 0.316 bits per heavy atom. The lowest BCUT2D eigenvalue weighted by atomic mass is 10.0. The average molecular weight is 1370 g/mol. The van der Waals surface area contributed by atoms with Gasteiger partial charge in [-0.25, -0.2) is 0 Å². The quantitative estimate of drug-likeness (QED) is 0.0195. The van der Waals surface area contributed by atoms with Gasteiger partial charge in [0.15, 0.2) is 6.10 Å². The molecule has 0 N–H and O–H groups in total. The zero-order chi connectivity index (χ0) is 71.1. The van der Waals surface area contributed by atoms with Crippen molar-refractivity contribution in [3.05, 3.63) is 219 Å². The molecule has 0 heterocycles. The molecule has 0 rings (SSSR count). The predicted molar refractivity (Wildman–Crippen MR) is 424 cm³/mol. The van der Waals surface area contributed by atoms with Crippen molar-refractivity contribution in [2.45, 2.75) is 277 Å². The second kappa shape index (κ2) is 75.5. The first kappa shape index (κ1) is 92.3. The summed E-state index contributed by atoms with van der Waals surface area (Å²) in [5, 5.41) is 0. The number of esters is 2. The molecule has 0 bridgehead atoms. The summed E-state index contributed by atoms with van der Waals surface area (Å²) in [6.07, 6.45) is 120. The largest absolute Gasteiger partial charge is 0.756 e. The van der Waals surface area contributed by atoms with Gasteiger partial charge in [0, 0.05) is 12.8 Å². The highest BCUT2D eigenvalue weighted by molar-refractivity contribution is 7.45. The van der Waals surface area contributed by atoms with E-state index >= 15 is 0 Å². The second-order valence-corrected chi connectivity index (χ2v) is 27.3. The van der Waals surface area contributed by atoms with E-state index in [1.807, 2.05) is 21.1 Å². The van der Waals surface area contributed by atoms with Crippen molar-refractivity contribution in [3.8, 4) is 0 Å². The molecule has 0 saturated heterocycles. The fourth-order valence-corrected chi connectivity index (χ4v) is 10.4. The van der Waals surface area contributed by atoms with Gasteiger partial charge in [0.05, 0.1) is 27.7 Å². The van der Waals surface area contributed by atoms with Crippen LogP contribution in [0, 0.1) is 0 Å². The number of hydrogen-bond donors (Lipinski definition) is 0. The number of unbranched alkanes of at least 4 members (excludes halogenated alkanes) is 18. The van der Waals surface area contributed by atoms with E-state index in [0.717, 1.165) is 148 Å². The lowest BCUT2D eigenvalue weighted by Gasteiger charge is -2.28. The van der Waals surface area contributed by atoms with Crippen LogP contribution in [0.4, 0.5) is 0 Å². The van der Waals surface area contributed by atoms with Crippen molar-refractivity contribution in [2.24, 2.45) is 0 Å². The molecule has 0 aliphatic carbocycles. The Bertz CT molecular complexity index is 2460. The van der Waals surface area contributed by atoms with E-state index in [2.05, 4.69) is 233 Å². The van der Waals surface area contributed by atoms with Gasteiger partial charge in [-0.1, -0.05) is 322 Å². The third-order valence-electron chi connectivity index (χ3n) is 15.5. The Hall–Kier alpha value is -5.67. The first-order valence-electron chi connectivity index (χ1n) is 38.4. The molecule has 0 fully saturated rings. The standard InChI is InChI=1S/C88H140NO8P/c1-6-8-10-12-14-16-18-20-22-24-26-28-30-32-34-36-38-40-41-42-43-44-45-46-47-49-50-52-54-56-58-60-62-64-66-68-70-72-74-76-78-80-87(90)94-84-86(85-96-98(92,93)95-83-82-89(3,4)5)97-88(91)81-79-77-75-73-71-69-67-65-63-61-59-57-55-53-51-48-39-37-35-33-31-29-27-25-23-21-19-17-15-13-11-9-7-2/h8-11,14-17,20-23,26-29,32-35,38-40,42-43,45-46,48,53,55,59,61,65,67,71,73,86H,6-7,12-13,18-19,24-25,30-31,36-37,41,44,47,49-52,54,56-58,60,62-64,66,68-70,72,74-85H2,1-5H3/b10-8-,11-9-,16-14-,17-15-,22-20-,23-21-,28-26-,29-27-,34-32-,35-33-,40-38-,43-42-,46-45-,48-39-,55-53-,61-59-,67-65-,73-71-. The summed E-state index contributed by atoms with van der Waals surface area (Å²) in [6, 6.07) is 0. The number of phosphoric ester groups is 1. The molecule has 98 heavy (non-hydrogen) atoms. The van der Waals surface area contributed by atoms with Crippen LogP contribution in [0.5, 0.6) is 0 Å². The molecule has 0 aliphatic rings. The molecule has 0 aliphatic heterocycles. The van der Waals surface area contributed by atoms with Crippen LogP contribution in [-0.2, 0) is 32.7 Å². The van der Waals surface area contributed by atoms with Crippen LogP contribution in [0.15, 0.2) is 219 Å². The van der Waals surface area contributed by atoms with Gasteiger partial charge in [-0.15, -0.1) is 0 Å². The van der Waals surface area contributed by atoms with E-state index in [4.69, 9.17) is 18.5 Å². The SMILES string of the molecule is CC/C=C\C/C=C\C/C=C\C/C=C\C/C=C\C/C=C\C/C=C\C/C=C\C/C=C\C/C=C\CCCCC(=O)OC(COC(=O)CCCCCCCCCCCCCCCCCC/C=C\C/C=C\C/C=C\C/C=C\C/C=C\C/C=C\C/C=C\C/C=C\CC)COP(=O)([O-])OCC[N+](C)(C)C. The van der Waals surface area contributed by atoms with Crippen molar-refractivity contribution >= 4 is 19.8 Å². The number of ether oxygens (including phenoxy) is 2. The molecular weight excluding hydrogens is 1230 g/mol. The van der Waals surface area contributed by atoms with Gasteiger partial charge < -0.3 is 27.9 Å². The normalized spacial score (nSPS) is 14.3. The van der Waals surface area contributed by atoms with Gasteiger partial charge in [0.25, 0.3) is 7.82 Å². The molecule has 0 amide bonds. The van der Waals surface area contributed by atoms with Gasteiger partial charge in [-0.3, -0.25) is 14.2 Å². The summed E-state index contributed by atoms with van der Waals surface area (Å²) >= 11 is 0. The Morgan fingerprint density at radius 2 is 0.551 bits per heavy atom. The highest BCUT2D eigenvalue weighted by Crippen LogP contribution is 2.38. The number of nitrogens with zero attached hydrogens (tertiary/aromatic N) is 1. The minimum absolute atomic E-state index is 0.0501. The fraction of sp³-hybridized carbons (Fsp3) is 0.568. The minimum Gasteiger partial charge on any atom is -0.756 e. The van der Waals surface area contributed by atoms with Crippen molar-refractivity contribution < 1.29 is 42.1 Å². The predicted octanol–water partition coefficient (Wildman–Crippen LogP) is 25.3. The summed E-state index contributed by atoms with van der Waals surface area (Å²) in [5.74, 6) is -0.896. The molecule has 550 valence electrons. The second-order valence-electron chi connectivity index (χ2n) is 25.9. The van der Waals surface area contributed by atoms with E-state index in [-0.39, 0.29) is 26.1 Å².